The first-order valence-electron chi connectivity index (χ1n) is 8.02. The molecule has 2 N–H and O–H groups in total. The minimum absolute atomic E-state index is 0.229. The highest BCUT2D eigenvalue weighted by Gasteiger charge is 2.25. The number of ether oxygens (including phenoxy) is 1. The molecule has 1 fully saturated rings. The van der Waals surface area contributed by atoms with Crippen LogP contribution in [0.15, 0.2) is 22.7 Å². The molecule has 5 nitrogen and oxygen atoms in total. The van der Waals surface area contributed by atoms with Crippen LogP contribution in [0.2, 0.25) is 0 Å². The minimum Gasteiger partial charge on any atom is -0.444 e. The first-order valence-corrected chi connectivity index (χ1v) is 8.81. The lowest BCUT2D eigenvalue weighted by Gasteiger charge is -2.27. The van der Waals surface area contributed by atoms with Gasteiger partial charge in [-0.05, 0) is 39.3 Å². The molecule has 1 aliphatic rings. The summed E-state index contributed by atoms with van der Waals surface area (Å²) in [7, 11) is 0. The predicted molar refractivity (Wildman–Crippen MR) is 96.7 cm³/mol. The summed E-state index contributed by atoms with van der Waals surface area (Å²) < 4.78 is 6.51. The SMILES string of the molecule is CC(C)(C)OC(=O)N1CCCN(c2cccc(Br)c2CN)CC1. The highest BCUT2D eigenvalue weighted by Crippen LogP contribution is 2.28. The van der Waals surface area contributed by atoms with E-state index in [0.29, 0.717) is 13.1 Å². The van der Waals surface area contributed by atoms with Crippen molar-refractivity contribution < 1.29 is 9.53 Å². The molecule has 1 aliphatic heterocycles. The van der Waals surface area contributed by atoms with Crippen LogP contribution in [-0.2, 0) is 11.3 Å². The van der Waals surface area contributed by atoms with Crippen molar-refractivity contribution in [3.63, 3.8) is 0 Å². The van der Waals surface area contributed by atoms with Crippen LogP contribution in [0.5, 0.6) is 0 Å². The van der Waals surface area contributed by atoms with Crippen molar-refractivity contribution >= 4 is 27.7 Å². The maximum absolute atomic E-state index is 12.2. The van der Waals surface area contributed by atoms with Gasteiger partial charge < -0.3 is 20.3 Å². The van der Waals surface area contributed by atoms with Crippen LogP contribution >= 0.6 is 15.9 Å². The Morgan fingerprint density at radius 1 is 1.26 bits per heavy atom. The van der Waals surface area contributed by atoms with Crippen molar-refractivity contribution in [1.82, 2.24) is 4.90 Å². The third-order valence-corrected chi connectivity index (χ3v) is 4.53. The van der Waals surface area contributed by atoms with Gasteiger partial charge in [-0.1, -0.05) is 22.0 Å². The Morgan fingerprint density at radius 3 is 2.65 bits per heavy atom. The third kappa shape index (κ3) is 4.85. The summed E-state index contributed by atoms with van der Waals surface area (Å²) in [6.45, 7) is 9.23. The van der Waals surface area contributed by atoms with Crippen molar-refractivity contribution in [2.45, 2.75) is 39.3 Å². The second-order valence-electron chi connectivity index (χ2n) is 6.75. The zero-order chi connectivity index (χ0) is 17.0. The molecule has 0 spiro atoms. The van der Waals surface area contributed by atoms with Gasteiger partial charge in [-0.25, -0.2) is 4.79 Å². The number of nitrogens with zero attached hydrogens (tertiary/aromatic N) is 2. The number of hydrogen-bond acceptors (Lipinski definition) is 4. The van der Waals surface area contributed by atoms with Crippen LogP contribution in [-0.4, -0.2) is 42.8 Å². The number of benzene rings is 1. The highest BCUT2D eigenvalue weighted by atomic mass is 79.9. The second kappa shape index (κ2) is 7.53. The Labute approximate surface area is 146 Å². The molecule has 0 aliphatic carbocycles. The van der Waals surface area contributed by atoms with Crippen LogP contribution in [0, 0.1) is 0 Å². The molecule has 1 saturated heterocycles. The van der Waals surface area contributed by atoms with E-state index in [1.54, 1.807) is 4.90 Å². The van der Waals surface area contributed by atoms with Crippen molar-refractivity contribution in [3.05, 3.63) is 28.2 Å². The fourth-order valence-corrected chi connectivity index (χ4v) is 3.23. The van der Waals surface area contributed by atoms with Crippen LogP contribution in [0.4, 0.5) is 10.5 Å². The largest absolute Gasteiger partial charge is 0.444 e. The normalized spacial score (nSPS) is 16.2. The standard InChI is InChI=1S/C17H26BrN3O2/c1-17(2,3)23-16(22)21-9-5-8-20(10-11-21)15-7-4-6-14(18)13(15)12-19/h4,6-7H,5,8-12,19H2,1-3H3. The van der Waals surface area contributed by atoms with E-state index in [1.165, 1.54) is 0 Å². The summed E-state index contributed by atoms with van der Waals surface area (Å²) in [5.41, 5.74) is 7.70. The summed E-state index contributed by atoms with van der Waals surface area (Å²) >= 11 is 3.57. The second-order valence-corrected chi connectivity index (χ2v) is 7.60. The zero-order valence-electron chi connectivity index (χ0n) is 14.1. The molecule has 23 heavy (non-hydrogen) atoms. The fourth-order valence-electron chi connectivity index (χ4n) is 2.71. The number of rotatable bonds is 2. The molecule has 0 saturated carbocycles. The minimum atomic E-state index is -0.458. The van der Waals surface area contributed by atoms with Gasteiger partial charge in [-0.3, -0.25) is 0 Å². The van der Waals surface area contributed by atoms with E-state index in [-0.39, 0.29) is 6.09 Å². The maximum atomic E-state index is 12.2. The molecule has 0 bridgehead atoms. The Kier molecular flexibility index (Phi) is 5.92. The van der Waals surface area contributed by atoms with Gasteiger partial charge in [0.25, 0.3) is 0 Å². The van der Waals surface area contributed by atoms with Gasteiger partial charge >= 0.3 is 6.09 Å². The van der Waals surface area contributed by atoms with E-state index in [1.807, 2.05) is 32.9 Å². The van der Waals surface area contributed by atoms with Gasteiger partial charge in [0.1, 0.15) is 5.60 Å². The van der Waals surface area contributed by atoms with Gasteiger partial charge in [0.05, 0.1) is 0 Å². The lowest BCUT2D eigenvalue weighted by molar-refractivity contribution is 0.0263. The molecular formula is C17H26BrN3O2. The predicted octanol–water partition coefficient (Wildman–Crippen LogP) is 3.36. The van der Waals surface area contributed by atoms with Crippen molar-refractivity contribution in [3.8, 4) is 0 Å². The van der Waals surface area contributed by atoms with Crippen LogP contribution in [0.3, 0.4) is 0 Å². The van der Waals surface area contributed by atoms with Gasteiger partial charge in [-0.15, -0.1) is 0 Å². The number of hydrogen-bond donors (Lipinski definition) is 1. The lowest BCUT2D eigenvalue weighted by Crippen LogP contribution is -2.39. The molecule has 1 amide bonds. The fraction of sp³-hybridized carbons (Fsp3) is 0.588. The van der Waals surface area contributed by atoms with E-state index < -0.39 is 5.60 Å². The number of carbonyl (C=O) groups is 1. The summed E-state index contributed by atoms with van der Waals surface area (Å²) in [5.74, 6) is 0. The van der Waals surface area contributed by atoms with E-state index in [0.717, 1.165) is 41.8 Å². The molecular weight excluding hydrogens is 358 g/mol. The Bertz CT molecular complexity index is 557. The monoisotopic (exact) mass is 383 g/mol. The van der Waals surface area contributed by atoms with E-state index in [9.17, 15) is 4.79 Å². The van der Waals surface area contributed by atoms with Crippen molar-refractivity contribution in [1.29, 1.82) is 0 Å². The van der Waals surface area contributed by atoms with E-state index in [4.69, 9.17) is 10.5 Å². The van der Waals surface area contributed by atoms with Crippen molar-refractivity contribution in [2.75, 3.05) is 31.1 Å². The molecule has 0 aromatic heterocycles. The first-order chi connectivity index (χ1) is 10.8. The average molecular weight is 384 g/mol. The summed E-state index contributed by atoms with van der Waals surface area (Å²) in [5, 5.41) is 0. The number of nitrogens with two attached hydrogens (primary N) is 1. The quantitative estimate of drug-likeness (QED) is 0.850. The van der Waals surface area contributed by atoms with E-state index >= 15 is 0 Å². The smallest absolute Gasteiger partial charge is 0.410 e. The topological polar surface area (TPSA) is 58.8 Å². The molecule has 6 heteroatoms. The molecule has 0 radical (unpaired) electrons. The van der Waals surface area contributed by atoms with Crippen molar-refractivity contribution in [2.24, 2.45) is 5.73 Å². The molecule has 0 atom stereocenters. The molecule has 1 aromatic rings. The van der Waals surface area contributed by atoms with Crippen LogP contribution in [0.25, 0.3) is 0 Å². The number of carbonyl (C=O) groups excluding carboxylic acids is 1. The summed E-state index contributed by atoms with van der Waals surface area (Å²) in [4.78, 5) is 16.3. The highest BCUT2D eigenvalue weighted by molar-refractivity contribution is 9.10. The summed E-state index contributed by atoms with van der Waals surface area (Å²) in [6.07, 6.45) is 0.683. The Balaban J connectivity index is 2.07. The van der Waals surface area contributed by atoms with Gasteiger partial charge in [-0.2, -0.15) is 0 Å². The lowest BCUT2D eigenvalue weighted by atomic mass is 10.1. The van der Waals surface area contributed by atoms with Gasteiger partial charge in [0.15, 0.2) is 0 Å². The number of halogens is 1. The zero-order valence-corrected chi connectivity index (χ0v) is 15.7. The Morgan fingerprint density at radius 2 is 2.00 bits per heavy atom. The maximum Gasteiger partial charge on any atom is 0.410 e. The molecule has 128 valence electrons. The Hall–Kier alpha value is -1.27. The van der Waals surface area contributed by atoms with E-state index in [2.05, 4.69) is 26.9 Å². The number of amides is 1. The van der Waals surface area contributed by atoms with Crippen LogP contribution in [0.1, 0.15) is 32.8 Å². The molecule has 1 aromatic carbocycles. The van der Waals surface area contributed by atoms with Gasteiger partial charge in [0, 0.05) is 48.4 Å². The molecule has 0 unspecified atom stereocenters. The third-order valence-electron chi connectivity index (χ3n) is 3.79. The number of anilines is 1. The van der Waals surface area contributed by atoms with Crippen LogP contribution < -0.4 is 10.6 Å². The molecule has 1 heterocycles. The average Bonchev–Trinajstić information content (AvgIpc) is 2.71. The van der Waals surface area contributed by atoms with Gasteiger partial charge in [0.2, 0.25) is 0 Å². The molecule has 2 rings (SSSR count). The summed E-state index contributed by atoms with van der Waals surface area (Å²) in [6, 6.07) is 6.13. The first kappa shape index (κ1) is 18.1.